The van der Waals surface area contributed by atoms with Crippen molar-refractivity contribution < 1.29 is 4.74 Å². The van der Waals surface area contributed by atoms with Gasteiger partial charge in [0.2, 0.25) is 0 Å². The van der Waals surface area contributed by atoms with Gasteiger partial charge in [0.15, 0.2) is 5.82 Å². The maximum Gasteiger partial charge on any atom is 0.160 e. The van der Waals surface area contributed by atoms with E-state index in [0.717, 1.165) is 73.0 Å². The summed E-state index contributed by atoms with van der Waals surface area (Å²) in [5.41, 5.74) is 22.4. The Morgan fingerprint density at radius 1 is 0.240 bits per heavy atom. The topological polar surface area (TPSA) is 35.0 Å². The zero-order valence-electron chi connectivity index (χ0n) is 40.9. The van der Waals surface area contributed by atoms with E-state index in [-0.39, 0.29) is 0 Å². The first-order valence-corrected chi connectivity index (χ1v) is 25.8. The van der Waals surface area contributed by atoms with Crippen molar-refractivity contribution in [1.82, 2.24) is 9.97 Å². The monoisotopic (exact) mass is 954 g/mol. The van der Waals surface area contributed by atoms with Gasteiger partial charge in [0.25, 0.3) is 0 Å². The summed E-state index contributed by atoms with van der Waals surface area (Å²) in [6, 6.07) is 101. The van der Waals surface area contributed by atoms with Crippen molar-refractivity contribution in [3.8, 4) is 89.9 Å². The van der Waals surface area contributed by atoms with Crippen LogP contribution in [-0.2, 0) is 10.8 Å². The predicted molar refractivity (Wildman–Crippen MR) is 304 cm³/mol. The molecule has 0 saturated carbocycles. The van der Waals surface area contributed by atoms with Gasteiger partial charge in [0, 0.05) is 33.4 Å². The highest BCUT2D eigenvalue weighted by atomic mass is 16.5. The number of hydrogen-bond donors (Lipinski definition) is 0. The number of para-hydroxylation sites is 2. The van der Waals surface area contributed by atoms with Crippen LogP contribution in [0.4, 0.5) is 0 Å². The molecule has 0 N–H and O–H groups in total. The van der Waals surface area contributed by atoms with E-state index in [1.165, 1.54) is 55.6 Å². The van der Waals surface area contributed by atoms with Crippen molar-refractivity contribution in [2.24, 2.45) is 0 Å². The third kappa shape index (κ3) is 6.35. The molecule has 0 amide bonds. The van der Waals surface area contributed by atoms with E-state index in [4.69, 9.17) is 14.7 Å². The molecule has 2 spiro atoms. The fraction of sp³-hybridized carbons (Fsp3) is 0.0278. The van der Waals surface area contributed by atoms with Crippen LogP contribution in [0.1, 0.15) is 44.5 Å². The summed E-state index contributed by atoms with van der Waals surface area (Å²) in [7, 11) is 0. The van der Waals surface area contributed by atoms with E-state index in [2.05, 4.69) is 279 Å². The van der Waals surface area contributed by atoms with Gasteiger partial charge < -0.3 is 4.74 Å². The van der Waals surface area contributed by atoms with Gasteiger partial charge >= 0.3 is 0 Å². The summed E-state index contributed by atoms with van der Waals surface area (Å²) >= 11 is 0. The number of ether oxygens (including phenoxy) is 1. The Bertz CT molecular complexity index is 4000. The fourth-order valence-corrected chi connectivity index (χ4v) is 12.9. The van der Waals surface area contributed by atoms with Crippen LogP contribution in [0.15, 0.2) is 279 Å². The number of hydrogen-bond acceptors (Lipinski definition) is 3. The zero-order chi connectivity index (χ0) is 49.5. The highest BCUT2D eigenvalue weighted by molar-refractivity contribution is 5.93. The van der Waals surface area contributed by atoms with Crippen LogP contribution in [-0.4, -0.2) is 9.97 Å². The van der Waals surface area contributed by atoms with E-state index >= 15 is 0 Å². The predicted octanol–water partition coefficient (Wildman–Crippen LogP) is 17.6. The molecule has 1 aromatic heterocycles. The molecule has 15 rings (SSSR count). The zero-order valence-corrected chi connectivity index (χ0v) is 40.9. The molecule has 0 radical (unpaired) electrons. The first kappa shape index (κ1) is 42.9. The van der Waals surface area contributed by atoms with E-state index in [9.17, 15) is 0 Å². The van der Waals surface area contributed by atoms with Gasteiger partial charge in [0.1, 0.15) is 11.5 Å². The minimum Gasteiger partial charge on any atom is -0.456 e. The van der Waals surface area contributed by atoms with Gasteiger partial charge in [-0.1, -0.05) is 267 Å². The molecule has 75 heavy (non-hydrogen) atoms. The van der Waals surface area contributed by atoms with Crippen LogP contribution in [0.2, 0.25) is 0 Å². The Morgan fingerprint density at radius 3 is 1.17 bits per heavy atom. The molecule has 2 heterocycles. The lowest BCUT2D eigenvalue weighted by Crippen LogP contribution is -2.45. The molecular formula is C72H46N2O. The largest absolute Gasteiger partial charge is 0.456 e. The Morgan fingerprint density at radius 2 is 0.613 bits per heavy atom. The first-order valence-electron chi connectivity index (χ1n) is 25.8. The average Bonchev–Trinajstić information content (AvgIpc) is 3.79. The second-order valence-corrected chi connectivity index (χ2v) is 19.9. The second-order valence-electron chi connectivity index (χ2n) is 19.9. The van der Waals surface area contributed by atoms with E-state index in [1.54, 1.807) is 0 Å². The van der Waals surface area contributed by atoms with Crippen LogP contribution in [0, 0.1) is 0 Å². The summed E-state index contributed by atoms with van der Waals surface area (Å²) < 4.78 is 7.39. The molecule has 3 nitrogen and oxygen atoms in total. The summed E-state index contributed by atoms with van der Waals surface area (Å²) in [5.74, 6) is 2.33. The molecule has 0 saturated heterocycles. The highest BCUT2D eigenvalue weighted by Gasteiger charge is 2.58. The van der Waals surface area contributed by atoms with Gasteiger partial charge in [-0.2, -0.15) is 0 Å². The smallest absolute Gasteiger partial charge is 0.160 e. The number of benzene rings is 11. The van der Waals surface area contributed by atoms with Crippen LogP contribution in [0.3, 0.4) is 0 Å². The number of fused-ring (bicyclic) bond motifs is 15. The Hall–Kier alpha value is -9.70. The molecule has 3 heteroatoms. The van der Waals surface area contributed by atoms with Gasteiger partial charge in [-0.3, -0.25) is 0 Å². The van der Waals surface area contributed by atoms with Crippen LogP contribution in [0.5, 0.6) is 11.5 Å². The molecule has 2 aliphatic carbocycles. The van der Waals surface area contributed by atoms with E-state index < -0.39 is 10.8 Å². The number of nitrogens with zero attached hydrogens (tertiary/aromatic N) is 2. The fourth-order valence-electron chi connectivity index (χ4n) is 12.9. The maximum atomic E-state index is 7.39. The quantitative estimate of drug-likeness (QED) is 0.167. The van der Waals surface area contributed by atoms with Crippen molar-refractivity contribution >= 4 is 0 Å². The Labute approximate surface area is 436 Å². The van der Waals surface area contributed by atoms with Gasteiger partial charge in [-0.25, -0.2) is 9.97 Å². The Balaban J connectivity index is 0.945. The molecular weight excluding hydrogens is 909 g/mol. The van der Waals surface area contributed by atoms with Crippen molar-refractivity contribution in [3.05, 3.63) is 324 Å². The van der Waals surface area contributed by atoms with Crippen molar-refractivity contribution in [1.29, 1.82) is 0 Å². The SMILES string of the molecule is c1ccc(-c2ccc(-c3cc(-c4ccccc4-c4cccc5c4Oc4ccccc4C54c5ccccc5C5(c6ccccc6-c6ccccc65)c5ccccc54)nc(-c4ccc(-c5ccccc5)cc4)n3)cc2)cc1. The molecule has 3 aliphatic rings. The number of rotatable bonds is 6. The summed E-state index contributed by atoms with van der Waals surface area (Å²) in [5, 5.41) is 0. The van der Waals surface area contributed by atoms with Crippen LogP contribution >= 0.6 is 0 Å². The molecule has 0 unspecified atom stereocenters. The lowest BCUT2D eigenvalue weighted by molar-refractivity contribution is 0.430. The van der Waals surface area contributed by atoms with E-state index in [1.807, 2.05) is 0 Å². The molecule has 1 aliphatic heterocycles. The lowest BCUT2D eigenvalue weighted by atomic mass is 9.51. The third-order valence-electron chi connectivity index (χ3n) is 16.1. The minimum atomic E-state index is -0.743. The second kappa shape index (κ2) is 16.9. The van der Waals surface area contributed by atoms with Gasteiger partial charge in [-0.05, 0) is 84.5 Å². The van der Waals surface area contributed by atoms with Gasteiger partial charge in [-0.15, -0.1) is 0 Å². The molecule has 0 atom stereocenters. The standard InChI is InChI=1S/C72H46N2O/c1-3-20-47(21-4-1)49-38-42-51(43-39-49)66-46-67(74-70(73-66)52-44-40-50(41-45-52)48-22-5-2-6-23-48)56-27-8-7-24-53(56)57-28-19-36-65-69(57)75-68-37-18-17-35-64(68)72(65)62-33-15-13-31-60(62)71(61-32-14-16-34-63(61)72)58-29-11-9-25-54(58)55-26-10-12-30-59(55)71/h1-46H. The molecule has 11 aromatic carbocycles. The average molecular weight is 955 g/mol. The third-order valence-corrected chi connectivity index (χ3v) is 16.1. The maximum absolute atomic E-state index is 7.39. The number of aromatic nitrogens is 2. The lowest BCUT2D eigenvalue weighted by Gasteiger charge is -2.51. The molecule has 350 valence electrons. The summed E-state index contributed by atoms with van der Waals surface area (Å²) in [6.45, 7) is 0. The molecule has 0 bridgehead atoms. The van der Waals surface area contributed by atoms with Crippen molar-refractivity contribution in [2.45, 2.75) is 10.8 Å². The first-order chi connectivity index (χ1) is 37.2. The highest BCUT2D eigenvalue weighted by Crippen LogP contribution is 2.67. The van der Waals surface area contributed by atoms with Gasteiger partial charge in [0.05, 0.1) is 22.2 Å². The summed E-state index contributed by atoms with van der Waals surface area (Å²) in [6.07, 6.45) is 0. The Kier molecular flexibility index (Phi) is 9.70. The molecule has 0 fully saturated rings. The van der Waals surface area contributed by atoms with E-state index in [0.29, 0.717) is 5.82 Å². The van der Waals surface area contributed by atoms with Crippen LogP contribution in [0.25, 0.3) is 78.4 Å². The van der Waals surface area contributed by atoms with Crippen molar-refractivity contribution in [2.75, 3.05) is 0 Å². The summed E-state index contributed by atoms with van der Waals surface area (Å²) in [4.78, 5) is 10.8. The molecule has 12 aromatic rings. The van der Waals surface area contributed by atoms with Crippen LogP contribution < -0.4 is 4.74 Å². The normalized spacial score (nSPS) is 13.7. The van der Waals surface area contributed by atoms with Crippen molar-refractivity contribution in [3.63, 3.8) is 0 Å². The minimum absolute atomic E-state index is 0.546.